The molecule has 0 spiro atoms. The van der Waals surface area contributed by atoms with E-state index < -0.39 is 5.54 Å². The summed E-state index contributed by atoms with van der Waals surface area (Å²) in [4.78, 5) is 4.42. The van der Waals surface area contributed by atoms with Crippen LogP contribution in [-0.2, 0) is 5.54 Å². The fraction of sp³-hybridized carbons (Fsp3) is 0.312. The predicted octanol–water partition coefficient (Wildman–Crippen LogP) is 3.21. The highest BCUT2D eigenvalue weighted by Gasteiger charge is 2.36. The van der Waals surface area contributed by atoms with Gasteiger partial charge < -0.3 is 10.3 Å². The zero-order valence-corrected chi connectivity index (χ0v) is 13.7. The van der Waals surface area contributed by atoms with Gasteiger partial charge in [-0.1, -0.05) is 18.0 Å². The highest BCUT2D eigenvalue weighted by molar-refractivity contribution is 5.85. The largest absolute Gasteiger partial charge is 0.332 e. The molecule has 1 aromatic carbocycles. The van der Waals surface area contributed by atoms with Crippen molar-refractivity contribution in [2.24, 2.45) is 5.73 Å². The third-order valence-electron chi connectivity index (χ3n) is 4.27. The van der Waals surface area contributed by atoms with Gasteiger partial charge in [0.05, 0.1) is 11.2 Å². The lowest BCUT2D eigenvalue weighted by Crippen LogP contribution is -2.34. The molecule has 1 aliphatic rings. The fourth-order valence-electron chi connectivity index (χ4n) is 2.93. The van der Waals surface area contributed by atoms with E-state index in [1.165, 1.54) is 12.1 Å². The number of aromatic nitrogens is 4. The molecular formula is C16H17ClFN5O. The molecule has 6 nitrogen and oxygen atoms in total. The number of hydrogen-bond donors (Lipinski definition) is 1. The Kier molecular flexibility index (Phi) is 4.38. The van der Waals surface area contributed by atoms with Gasteiger partial charge in [-0.3, -0.25) is 0 Å². The molecule has 0 amide bonds. The van der Waals surface area contributed by atoms with E-state index >= 15 is 0 Å². The van der Waals surface area contributed by atoms with E-state index in [9.17, 15) is 4.39 Å². The minimum absolute atomic E-state index is 0. The minimum atomic E-state index is -0.485. The normalized spacial score (nSPS) is 16.1. The van der Waals surface area contributed by atoms with E-state index in [1.807, 2.05) is 0 Å². The van der Waals surface area contributed by atoms with Gasteiger partial charge in [-0.25, -0.2) is 9.07 Å². The van der Waals surface area contributed by atoms with Crippen molar-refractivity contribution < 1.29 is 8.91 Å². The van der Waals surface area contributed by atoms with Crippen molar-refractivity contribution in [2.75, 3.05) is 0 Å². The van der Waals surface area contributed by atoms with Crippen LogP contribution < -0.4 is 5.73 Å². The van der Waals surface area contributed by atoms with E-state index in [-0.39, 0.29) is 18.2 Å². The predicted molar refractivity (Wildman–Crippen MR) is 88.4 cm³/mol. The first-order valence-electron chi connectivity index (χ1n) is 7.59. The molecule has 126 valence electrons. The van der Waals surface area contributed by atoms with Crippen LogP contribution in [0.3, 0.4) is 0 Å². The summed E-state index contributed by atoms with van der Waals surface area (Å²) in [5, 5.41) is 8.43. The SMILES string of the molecule is Cl.NC1(c2noc(-c3ccn(-c4ccc(F)cc4)n3)n2)CCCC1. The molecule has 0 radical (unpaired) electrons. The number of nitrogens with two attached hydrogens (primary N) is 1. The number of benzene rings is 1. The van der Waals surface area contributed by atoms with Crippen LogP contribution in [0, 0.1) is 5.82 Å². The van der Waals surface area contributed by atoms with Gasteiger partial charge in [0.1, 0.15) is 5.82 Å². The van der Waals surface area contributed by atoms with Crippen LogP contribution in [0.15, 0.2) is 41.1 Å². The molecule has 1 fully saturated rings. The van der Waals surface area contributed by atoms with Crippen LogP contribution in [0.1, 0.15) is 31.5 Å². The molecule has 2 heterocycles. The highest BCUT2D eigenvalue weighted by atomic mass is 35.5. The average molecular weight is 350 g/mol. The summed E-state index contributed by atoms with van der Waals surface area (Å²) in [7, 11) is 0. The molecular weight excluding hydrogens is 333 g/mol. The van der Waals surface area contributed by atoms with Crippen molar-refractivity contribution in [2.45, 2.75) is 31.2 Å². The first-order chi connectivity index (χ1) is 11.1. The molecule has 3 aromatic rings. The van der Waals surface area contributed by atoms with Gasteiger partial charge in [0.25, 0.3) is 5.89 Å². The van der Waals surface area contributed by atoms with Gasteiger partial charge >= 0.3 is 0 Å². The van der Waals surface area contributed by atoms with E-state index in [1.54, 1.807) is 29.1 Å². The van der Waals surface area contributed by atoms with Gasteiger partial charge in [0.15, 0.2) is 11.5 Å². The quantitative estimate of drug-likeness (QED) is 0.785. The van der Waals surface area contributed by atoms with Crippen molar-refractivity contribution in [1.82, 2.24) is 19.9 Å². The lowest BCUT2D eigenvalue weighted by molar-refractivity contribution is 0.372. The van der Waals surface area contributed by atoms with Gasteiger partial charge in [0.2, 0.25) is 0 Å². The molecule has 24 heavy (non-hydrogen) atoms. The summed E-state index contributed by atoms with van der Waals surface area (Å²) in [6.45, 7) is 0. The molecule has 2 N–H and O–H groups in total. The lowest BCUT2D eigenvalue weighted by Gasteiger charge is -2.17. The number of rotatable bonds is 3. The van der Waals surface area contributed by atoms with E-state index in [0.29, 0.717) is 17.4 Å². The molecule has 1 saturated carbocycles. The number of nitrogens with zero attached hydrogens (tertiary/aromatic N) is 4. The summed E-state index contributed by atoms with van der Waals surface area (Å²) in [6.07, 6.45) is 5.67. The third kappa shape index (κ3) is 2.92. The Morgan fingerprint density at radius 2 is 1.83 bits per heavy atom. The van der Waals surface area contributed by atoms with Crippen LogP contribution in [0.4, 0.5) is 4.39 Å². The summed E-state index contributed by atoms with van der Waals surface area (Å²) >= 11 is 0. The Labute approximate surface area is 144 Å². The fourth-order valence-corrected chi connectivity index (χ4v) is 2.93. The maximum absolute atomic E-state index is 13.0. The Balaban J connectivity index is 0.00000169. The van der Waals surface area contributed by atoms with Crippen LogP contribution >= 0.6 is 12.4 Å². The lowest BCUT2D eigenvalue weighted by atomic mass is 9.99. The second-order valence-electron chi connectivity index (χ2n) is 5.91. The summed E-state index contributed by atoms with van der Waals surface area (Å²) in [6, 6.07) is 7.86. The van der Waals surface area contributed by atoms with Crippen molar-refractivity contribution in [3.8, 4) is 17.3 Å². The average Bonchev–Trinajstić information content (AvgIpc) is 3.28. The monoisotopic (exact) mass is 349 g/mol. The van der Waals surface area contributed by atoms with E-state index in [2.05, 4.69) is 15.2 Å². The zero-order chi connectivity index (χ0) is 15.9. The first kappa shape index (κ1) is 16.6. The minimum Gasteiger partial charge on any atom is -0.332 e. The molecule has 2 aromatic heterocycles. The number of halogens is 2. The first-order valence-corrected chi connectivity index (χ1v) is 7.59. The summed E-state index contributed by atoms with van der Waals surface area (Å²) < 4.78 is 19.9. The van der Waals surface area contributed by atoms with E-state index in [4.69, 9.17) is 10.3 Å². The van der Waals surface area contributed by atoms with Crippen molar-refractivity contribution in [3.05, 3.63) is 48.2 Å². The molecule has 0 unspecified atom stereocenters. The molecule has 4 rings (SSSR count). The van der Waals surface area contributed by atoms with Crippen LogP contribution in [0.25, 0.3) is 17.3 Å². The molecule has 8 heteroatoms. The van der Waals surface area contributed by atoms with Gasteiger partial charge in [0, 0.05) is 6.20 Å². The third-order valence-corrected chi connectivity index (χ3v) is 4.27. The Bertz CT molecular complexity index is 823. The molecule has 0 atom stereocenters. The van der Waals surface area contributed by atoms with Crippen molar-refractivity contribution >= 4 is 12.4 Å². The highest BCUT2D eigenvalue weighted by Crippen LogP contribution is 2.35. The molecule has 0 aliphatic heterocycles. The summed E-state index contributed by atoms with van der Waals surface area (Å²) in [5.74, 6) is 0.603. The smallest absolute Gasteiger partial charge is 0.278 e. The van der Waals surface area contributed by atoms with Gasteiger partial charge in [-0.2, -0.15) is 10.1 Å². The molecule has 0 bridgehead atoms. The second-order valence-corrected chi connectivity index (χ2v) is 5.91. The maximum atomic E-state index is 13.0. The van der Waals surface area contributed by atoms with Crippen molar-refractivity contribution in [1.29, 1.82) is 0 Å². The number of hydrogen-bond acceptors (Lipinski definition) is 5. The van der Waals surface area contributed by atoms with Gasteiger partial charge in [-0.15, -0.1) is 12.4 Å². The van der Waals surface area contributed by atoms with Crippen LogP contribution in [0.2, 0.25) is 0 Å². The Hall–Kier alpha value is -2.25. The Morgan fingerprint density at radius 1 is 1.12 bits per heavy atom. The zero-order valence-electron chi connectivity index (χ0n) is 12.9. The maximum Gasteiger partial charge on any atom is 0.278 e. The summed E-state index contributed by atoms with van der Waals surface area (Å²) in [5.41, 5.74) is 7.17. The van der Waals surface area contributed by atoms with Crippen LogP contribution in [-0.4, -0.2) is 19.9 Å². The Morgan fingerprint density at radius 3 is 2.54 bits per heavy atom. The van der Waals surface area contributed by atoms with Crippen LogP contribution in [0.5, 0.6) is 0 Å². The second kappa shape index (κ2) is 6.33. The van der Waals surface area contributed by atoms with Gasteiger partial charge in [-0.05, 0) is 43.2 Å². The van der Waals surface area contributed by atoms with Crippen molar-refractivity contribution in [3.63, 3.8) is 0 Å². The topological polar surface area (TPSA) is 82.8 Å². The van der Waals surface area contributed by atoms with E-state index in [0.717, 1.165) is 31.4 Å². The molecule has 1 aliphatic carbocycles. The molecule has 0 saturated heterocycles. The standard InChI is InChI=1S/C16H16FN5O.ClH/c17-11-3-5-12(6-4-11)22-10-7-13(20-22)14-19-15(21-23-14)16(18)8-1-2-9-16;/h3-7,10H,1-2,8-9,18H2;1H.